The van der Waals surface area contributed by atoms with Gasteiger partial charge < -0.3 is 9.47 Å². The Kier molecular flexibility index (Phi) is 5.94. The highest BCUT2D eigenvalue weighted by molar-refractivity contribution is 7.18. The first-order valence-corrected chi connectivity index (χ1v) is 10.8. The number of thiophene rings is 1. The molecular formula is C22H24N2O4S. The second-order valence-corrected chi connectivity index (χ2v) is 8.35. The maximum Gasteiger partial charge on any atom is 0.307 e. The standard InChI is InChI=1S/C22H24N2O4S/c1-15-5-4-6-16(13-15)27-11-12-28-19(25)9-10-24-14-23-21-20(22(24)26)17-7-2-3-8-18(17)29-21/h4-6,13-14H,2-3,7-12H2,1H3. The van der Waals surface area contributed by atoms with Gasteiger partial charge in [0.1, 0.15) is 23.8 Å². The van der Waals surface area contributed by atoms with E-state index in [1.807, 2.05) is 31.2 Å². The first-order chi connectivity index (χ1) is 14.1. The van der Waals surface area contributed by atoms with Gasteiger partial charge in [0.25, 0.3) is 5.56 Å². The number of nitrogens with zero attached hydrogens (tertiary/aromatic N) is 2. The summed E-state index contributed by atoms with van der Waals surface area (Å²) in [5.74, 6) is 0.406. The zero-order valence-electron chi connectivity index (χ0n) is 16.5. The van der Waals surface area contributed by atoms with Gasteiger partial charge in [-0.2, -0.15) is 0 Å². The van der Waals surface area contributed by atoms with Crippen molar-refractivity contribution in [2.24, 2.45) is 0 Å². The number of aromatic nitrogens is 2. The molecule has 0 spiro atoms. The van der Waals surface area contributed by atoms with Gasteiger partial charge in [-0.25, -0.2) is 4.98 Å². The van der Waals surface area contributed by atoms with Crippen LogP contribution in [0.2, 0.25) is 0 Å². The molecule has 0 aliphatic heterocycles. The van der Waals surface area contributed by atoms with Gasteiger partial charge in [0, 0.05) is 11.4 Å². The molecule has 152 valence electrons. The molecule has 2 aromatic heterocycles. The molecule has 0 amide bonds. The summed E-state index contributed by atoms with van der Waals surface area (Å²) < 4.78 is 12.3. The molecule has 4 rings (SSSR count). The smallest absolute Gasteiger partial charge is 0.307 e. The number of hydrogen-bond donors (Lipinski definition) is 0. The molecular weight excluding hydrogens is 388 g/mol. The quantitative estimate of drug-likeness (QED) is 0.438. The summed E-state index contributed by atoms with van der Waals surface area (Å²) in [6.07, 6.45) is 5.94. The maximum absolute atomic E-state index is 12.9. The highest BCUT2D eigenvalue weighted by Gasteiger charge is 2.20. The third-order valence-corrected chi connectivity index (χ3v) is 6.30. The van der Waals surface area contributed by atoms with Gasteiger partial charge in [-0.1, -0.05) is 12.1 Å². The van der Waals surface area contributed by atoms with E-state index in [0.717, 1.165) is 40.8 Å². The van der Waals surface area contributed by atoms with Crippen LogP contribution in [0.25, 0.3) is 10.2 Å². The van der Waals surface area contributed by atoms with Crippen LogP contribution in [0.5, 0.6) is 5.75 Å². The third kappa shape index (κ3) is 4.50. The Bertz CT molecular complexity index is 1090. The zero-order chi connectivity index (χ0) is 20.2. The van der Waals surface area contributed by atoms with Gasteiger partial charge in [-0.3, -0.25) is 14.2 Å². The van der Waals surface area contributed by atoms with E-state index < -0.39 is 0 Å². The monoisotopic (exact) mass is 412 g/mol. The first-order valence-electron chi connectivity index (χ1n) is 9.96. The molecule has 0 bridgehead atoms. The van der Waals surface area contributed by atoms with Crippen molar-refractivity contribution in [3.63, 3.8) is 0 Å². The van der Waals surface area contributed by atoms with Crippen molar-refractivity contribution in [3.05, 3.63) is 57.0 Å². The predicted molar refractivity (Wildman–Crippen MR) is 113 cm³/mol. The molecule has 0 unspecified atom stereocenters. The normalized spacial score (nSPS) is 13.3. The highest BCUT2D eigenvalue weighted by atomic mass is 32.1. The van der Waals surface area contributed by atoms with E-state index in [-0.39, 0.29) is 31.1 Å². The minimum atomic E-state index is -0.350. The SMILES string of the molecule is Cc1cccc(OCCOC(=O)CCn2cnc3sc4c(c3c2=O)CCCC4)c1. The molecule has 7 heteroatoms. The summed E-state index contributed by atoms with van der Waals surface area (Å²) >= 11 is 1.63. The van der Waals surface area contributed by atoms with Gasteiger partial charge in [0.15, 0.2) is 0 Å². The second-order valence-electron chi connectivity index (χ2n) is 7.27. The summed E-state index contributed by atoms with van der Waals surface area (Å²) in [7, 11) is 0. The van der Waals surface area contributed by atoms with E-state index in [9.17, 15) is 9.59 Å². The molecule has 0 saturated heterocycles. The highest BCUT2D eigenvalue weighted by Crippen LogP contribution is 2.33. The lowest BCUT2D eigenvalue weighted by Crippen LogP contribution is -2.23. The molecule has 1 aromatic carbocycles. The van der Waals surface area contributed by atoms with Gasteiger partial charge in [0.2, 0.25) is 0 Å². The van der Waals surface area contributed by atoms with Crippen LogP contribution in [0.4, 0.5) is 0 Å². The fourth-order valence-corrected chi connectivity index (χ4v) is 4.86. The number of rotatable bonds is 7. The number of carbonyl (C=O) groups excluding carboxylic acids is 1. The Morgan fingerprint density at radius 2 is 2.10 bits per heavy atom. The van der Waals surface area contributed by atoms with Crippen LogP contribution in [-0.2, 0) is 28.9 Å². The van der Waals surface area contributed by atoms with E-state index in [0.29, 0.717) is 6.61 Å². The number of aryl methyl sites for hydroxylation is 4. The van der Waals surface area contributed by atoms with Crippen molar-refractivity contribution in [2.75, 3.05) is 13.2 Å². The van der Waals surface area contributed by atoms with Crippen LogP contribution in [0.15, 0.2) is 35.4 Å². The Morgan fingerprint density at radius 1 is 1.24 bits per heavy atom. The molecule has 1 aliphatic carbocycles. The van der Waals surface area contributed by atoms with Crippen molar-refractivity contribution < 1.29 is 14.3 Å². The Hall–Kier alpha value is -2.67. The van der Waals surface area contributed by atoms with Crippen molar-refractivity contribution >= 4 is 27.5 Å². The average Bonchev–Trinajstić information content (AvgIpc) is 3.10. The second kappa shape index (κ2) is 8.78. The summed E-state index contributed by atoms with van der Waals surface area (Å²) in [5.41, 5.74) is 2.23. The van der Waals surface area contributed by atoms with Gasteiger partial charge in [-0.15, -0.1) is 11.3 Å². The molecule has 2 heterocycles. The topological polar surface area (TPSA) is 70.4 Å². The fourth-order valence-electron chi connectivity index (χ4n) is 3.64. The van der Waals surface area contributed by atoms with Crippen LogP contribution in [0, 0.1) is 6.92 Å². The number of ether oxygens (including phenoxy) is 2. The summed E-state index contributed by atoms with van der Waals surface area (Å²) in [4.78, 5) is 31.5. The van der Waals surface area contributed by atoms with Crippen LogP contribution in [-0.4, -0.2) is 28.7 Å². The average molecular weight is 413 g/mol. The lowest BCUT2D eigenvalue weighted by Gasteiger charge is -2.10. The zero-order valence-corrected chi connectivity index (χ0v) is 17.3. The summed E-state index contributed by atoms with van der Waals surface area (Å²) in [6.45, 7) is 2.73. The predicted octanol–water partition coefficient (Wildman–Crippen LogP) is 3.66. The van der Waals surface area contributed by atoms with Crippen molar-refractivity contribution in [1.29, 1.82) is 0 Å². The Labute approximate surface area is 173 Å². The van der Waals surface area contributed by atoms with E-state index in [4.69, 9.17) is 9.47 Å². The molecule has 3 aromatic rings. The minimum absolute atomic E-state index is 0.0509. The number of carbonyl (C=O) groups is 1. The largest absolute Gasteiger partial charge is 0.490 e. The van der Waals surface area contributed by atoms with Crippen LogP contribution < -0.4 is 10.3 Å². The van der Waals surface area contributed by atoms with Crippen LogP contribution in [0.1, 0.15) is 35.3 Å². The lowest BCUT2D eigenvalue weighted by atomic mass is 9.97. The summed E-state index contributed by atoms with van der Waals surface area (Å²) in [5, 5.41) is 0.743. The molecule has 0 radical (unpaired) electrons. The fraction of sp³-hybridized carbons (Fsp3) is 0.409. The lowest BCUT2D eigenvalue weighted by molar-refractivity contribution is -0.144. The number of esters is 1. The van der Waals surface area contributed by atoms with Crippen molar-refractivity contribution in [3.8, 4) is 5.75 Å². The van der Waals surface area contributed by atoms with Gasteiger partial charge in [0.05, 0.1) is 18.1 Å². The van der Waals surface area contributed by atoms with E-state index in [1.165, 1.54) is 21.4 Å². The summed E-state index contributed by atoms with van der Waals surface area (Å²) in [6, 6.07) is 7.71. The molecule has 6 nitrogen and oxygen atoms in total. The van der Waals surface area contributed by atoms with Gasteiger partial charge in [-0.05, 0) is 55.9 Å². The Balaban J connectivity index is 1.30. The molecule has 29 heavy (non-hydrogen) atoms. The molecule has 0 N–H and O–H groups in total. The minimum Gasteiger partial charge on any atom is -0.490 e. The first kappa shape index (κ1) is 19.6. The molecule has 0 saturated carbocycles. The van der Waals surface area contributed by atoms with Gasteiger partial charge >= 0.3 is 5.97 Å². The molecule has 0 atom stereocenters. The maximum atomic E-state index is 12.9. The van der Waals surface area contributed by atoms with E-state index in [1.54, 1.807) is 17.7 Å². The number of fused-ring (bicyclic) bond motifs is 3. The van der Waals surface area contributed by atoms with E-state index in [2.05, 4.69) is 4.98 Å². The number of benzene rings is 1. The molecule has 0 fully saturated rings. The van der Waals surface area contributed by atoms with Crippen LogP contribution >= 0.6 is 11.3 Å². The molecule has 1 aliphatic rings. The third-order valence-electron chi connectivity index (χ3n) is 5.10. The van der Waals surface area contributed by atoms with Crippen molar-refractivity contribution in [2.45, 2.75) is 45.6 Å². The van der Waals surface area contributed by atoms with Crippen molar-refractivity contribution in [1.82, 2.24) is 9.55 Å². The van der Waals surface area contributed by atoms with E-state index >= 15 is 0 Å². The Morgan fingerprint density at radius 3 is 2.97 bits per heavy atom. The number of hydrogen-bond acceptors (Lipinski definition) is 6. The van der Waals surface area contributed by atoms with Crippen LogP contribution in [0.3, 0.4) is 0 Å².